The Labute approximate surface area is 246 Å². The summed E-state index contributed by atoms with van der Waals surface area (Å²) in [6.45, 7) is 9.00. The minimum Gasteiger partial charge on any atom is -0.493 e. The van der Waals surface area contributed by atoms with Gasteiger partial charge in [-0.25, -0.2) is 0 Å². The quantitative estimate of drug-likeness (QED) is 0.536. The minimum absolute atomic E-state index is 0.119. The van der Waals surface area contributed by atoms with Crippen molar-refractivity contribution in [1.29, 1.82) is 0 Å². The number of rotatable bonds is 6. The predicted molar refractivity (Wildman–Crippen MR) is 155 cm³/mol. The number of likely N-dealkylation sites (tertiary alicyclic amines) is 1. The maximum atomic E-state index is 14.5. The Kier molecular flexibility index (Phi) is 8.11. The molecular formula is C32H40N2O8. The number of hydrogen-bond donors (Lipinski definition) is 1. The topological polar surface area (TPSA) is 115 Å². The van der Waals surface area contributed by atoms with Gasteiger partial charge in [-0.2, -0.15) is 0 Å². The van der Waals surface area contributed by atoms with Gasteiger partial charge in [-0.1, -0.05) is 39.0 Å². The Balaban J connectivity index is 1.64. The molecular weight excluding hydrogens is 540 g/mol. The summed E-state index contributed by atoms with van der Waals surface area (Å²) >= 11 is 0. The molecule has 2 aromatic rings. The van der Waals surface area contributed by atoms with Gasteiger partial charge in [-0.3, -0.25) is 19.3 Å². The maximum Gasteiger partial charge on any atom is 0.308 e. The summed E-state index contributed by atoms with van der Waals surface area (Å²) in [4.78, 5) is 43.2. The second-order valence-corrected chi connectivity index (χ2v) is 12.4. The molecule has 3 aliphatic heterocycles. The maximum absolute atomic E-state index is 14.5. The van der Waals surface area contributed by atoms with Crippen LogP contribution in [0.15, 0.2) is 30.3 Å². The number of anilines is 1. The Morgan fingerprint density at radius 3 is 2.55 bits per heavy atom. The van der Waals surface area contributed by atoms with E-state index >= 15 is 0 Å². The number of hydrogen-bond acceptors (Lipinski definition) is 7. The average molecular weight is 581 g/mol. The molecule has 226 valence electrons. The molecule has 0 bridgehead atoms. The molecule has 42 heavy (non-hydrogen) atoms. The summed E-state index contributed by atoms with van der Waals surface area (Å²) in [6, 6.07) is 9.08. The number of carbonyl (C=O) groups excluding carboxylic acids is 2. The van der Waals surface area contributed by atoms with E-state index in [0.29, 0.717) is 54.5 Å². The van der Waals surface area contributed by atoms with E-state index in [-0.39, 0.29) is 36.2 Å². The number of benzene rings is 2. The number of carbonyl (C=O) groups is 3. The van der Waals surface area contributed by atoms with Crippen LogP contribution in [0.5, 0.6) is 17.2 Å². The first kappa shape index (κ1) is 29.7. The Morgan fingerprint density at radius 1 is 1.12 bits per heavy atom. The molecule has 0 saturated carbocycles. The highest BCUT2D eigenvalue weighted by Crippen LogP contribution is 2.51. The van der Waals surface area contributed by atoms with Crippen molar-refractivity contribution >= 4 is 23.5 Å². The normalized spacial score (nSPS) is 23.9. The van der Waals surface area contributed by atoms with Crippen LogP contribution < -0.4 is 19.1 Å². The van der Waals surface area contributed by atoms with Gasteiger partial charge in [0.2, 0.25) is 5.91 Å². The van der Waals surface area contributed by atoms with Crippen molar-refractivity contribution < 1.29 is 38.4 Å². The zero-order valence-electron chi connectivity index (χ0n) is 25.1. The number of para-hydroxylation sites is 1. The molecule has 2 amide bonds. The van der Waals surface area contributed by atoms with Crippen LogP contribution in [0.3, 0.4) is 0 Å². The third kappa shape index (κ3) is 5.40. The molecule has 1 unspecified atom stereocenters. The fourth-order valence-corrected chi connectivity index (χ4v) is 6.28. The number of methoxy groups -OCH3 is 2. The molecule has 3 heterocycles. The highest BCUT2D eigenvalue weighted by atomic mass is 16.5. The molecule has 0 aromatic heterocycles. The van der Waals surface area contributed by atoms with E-state index in [9.17, 15) is 19.5 Å². The van der Waals surface area contributed by atoms with E-state index in [1.54, 1.807) is 30.1 Å². The van der Waals surface area contributed by atoms with Gasteiger partial charge in [0.1, 0.15) is 24.6 Å². The van der Waals surface area contributed by atoms with Crippen molar-refractivity contribution in [3.63, 3.8) is 0 Å². The highest BCUT2D eigenvalue weighted by Gasteiger charge is 2.48. The lowest BCUT2D eigenvalue weighted by atomic mass is 9.84. The monoisotopic (exact) mass is 580 g/mol. The number of aryl methyl sites for hydroxylation is 1. The first-order chi connectivity index (χ1) is 19.9. The van der Waals surface area contributed by atoms with Gasteiger partial charge in [0.05, 0.1) is 38.3 Å². The predicted octanol–water partition coefficient (Wildman–Crippen LogP) is 4.35. The largest absolute Gasteiger partial charge is 0.493 e. The molecule has 2 aromatic carbocycles. The number of ether oxygens (including phenoxy) is 4. The van der Waals surface area contributed by atoms with Gasteiger partial charge < -0.3 is 29.0 Å². The van der Waals surface area contributed by atoms with Crippen LogP contribution in [0, 0.1) is 18.3 Å². The zero-order valence-corrected chi connectivity index (χ0v) is 25.1. The van der Waals surface area contributed by atoms with Gasteiger partial charge in [0.15, 0.2) is 11.5 Å². The molecule has 1 N–H and O–H groups in total. The van der Waals surface area contributed by atoms with E-state index in [4.69, 9.17) is 18.9 Å². The third-order valence-electron chi connectivity index (χ3n) is 8.49. The van der Waals surface area contributed by atoms with Crippen molar-refractivity contribution in [3.8, 4) is 17.2 Å². The number of amides is 2. The summed E-state index contributed by atoms with van der Waals surface area (Å²) in [5.41, 5.74) is 2.60. The Hall–Kier alpha value is -3.79. The highest BCUT2D eigenvalue weighted by molar-refractivity contribution is 6.02. The summed E-state index contributed by atoms with van der Waals surface area (Å²) in [5.74, 6) is -0.609. The Morgan fingerprint density at radius 2 is 1.88 bits per heavy atom. The summed E-state index contributed by atoms with van der Waals surface area (Å²) < 4.78 is 24.4. The van der Waals surface area contributed by atoms with Gasteiger partial charge in [0, 0.05) is 24.2 Å². The SMILES string of the molecule is COc1cccc([C@H]2O[C@H](CC(=O)N3CCCC(C(=O)O)C3)C(=O)N3c4c(cc(C)cc42)OC[C@@H]3C(C)(C)C)c1OC. The van der Waals surface area contributed by atoms with E-state index in [1.165, 1.54) is 0 Å². The average Bonchev–Trinajstić information content (AvgIpc) is 3.07. The lowest BCUT2D eigenvalue weighted by Crippen LogP contribution is -2.56. The van der Waals surface area contributed by atoms with Gasteiger partial charge in [-0.15, -0.1) is 0 Å². The zero-order chi connectivity index (χ0) is 30.3. The molecule has 10 heteroatoms. The van der Waals surface area contributed by atoms with Crippen LogP contribution >= 0.6 is 0 Å². The van der Waals surface area contributed by atoms with Crippen LogP contribution in [0.4, 0.5) is 5.69 Å². The first-order valence-electron chi connectivity index (χ1n) is 14.4. The van der Waals surface area contributed by atoms with Crippen molar-refractivity contribution in [2.75, 3.05) is 38.8 Å². The second kappa shape index (κ2) is 11.5. The lowest BCUT2D eigenvalue weighted by molar-refractivity contribution is -0.149. The summed E-state index contributed by atoms with van der Waals surface area (Å²) in [6.07, 6.45) is -1.02. The summed E-state index contributed by atoms with van der Waals surface area (Å²) in [7, 11) is 3.11. The number of carboxylic acids is 1. The molecule has 4 atom stereocenters. The fraction of sp³-hybridized carbons (Fsp3) is 0.531. The number of aliphatic carboxylic acids is 1. The van der Waals surface area contributed by atoms with E-state index in [0.717, 1.165) is 11.1 Å². The molecule has 3 aliphatic rings. The molecule has 5 rings (SSSR count). The number of carboxylic acid groups (broad SMARTS) is 1. The molecule has 0 spiro atoms. The molecule has 0 aliphatic carbocycles. The van der Waals surface area contributed by atoms with Gasteiger partial charge in [0.25, 0.3) is 5.91 Å². The standard InChI is InChI=1S/C32H40N2O8/c1-18-13-21-27-23(14-18)41-17-25(32(2,3)4)34(27)30(36)24(15-26(35)33-12-8-9-19(16-33)31(37)38)42-28(21)20-10-7-11-22(39-5)29(20)40-6/h7,10-11,13-14,19,24-25,28H,8-9,12,15-17H2,1-6H3,(H,37,38)/t19?,24-,25-,28-/m1/s1. The lowest BCUT2D eigenvalue weighted by Gasteiger charge is -2.44. The summed E-state index contributed by atoms with van der Waals surface area (Å²) in [5, 5.41) is 9.56. The van der Waals surface area contributed by atoms with Crippen LogP contribution in [0.1, 0.15) is 62.8 Å². The van der Waals surface area contributed by atoms with Crippen LogP contribution in [-0.4, -0.2) is 73.9 Å². The van der Waals surface area contributed by atoms with E-state index < -0.39 is 24.1 Å². The van der Waals surface area contributed by atoms with Crippen LogP contribution in [-0.2, 0) is 19.1 Å². The first-order valence-corrected chi connectivity index (χ1v) is 14.4. The smallest absolute Gasteiger partial charge is 0.308 e. The minimum atomic E-state index is -1.13. The molecule has 0 radical (unpaired) electrons. The van der Waals surface area contributed by atoms with Gasteiger partial charge >= 0.3 is 5.97 Å². The molecule has 10 nitrogen and oxygen atoms in total. The van der Waals surface area contributed by atoms with E-state index in [1.807, 2.05) is 31.2 Å². The number of nitrogens with zero attached hydrogens (tertiary/aromatic N) is 2. The second-order valence-electron chi connectivity index (χ2n) is 12.4. The number of piperidine rings is 1. The van der Waals surface area contributed by atoms with Crippen molar-refractivity contribution in [1.82, 2.24) is 4.90 Å². The fourth-order valence-electron chi connectivity index (χ4n) is 6.28. The molecule has 1 fully saturated rings. The van der Waals surface area contributed by atoms with Crippen LogP contribution in [0.25, 0.3) is 0 Å². The van der Waals surface area contributed by atoms with Gasteiger partial charge in [-0.05, 0) is 42.9 Å². The Bertz CT molecular complexity index is 1380. The van der Waals surface area contributed by atoms with Crippen molar-refractivity contribution in [3.05, 3.63) is 47.0 Å². The van der Waals surface area contributed by atoms with Crippen molar-refractivity contribution in [2.45, 2.75) is 65.2 Å². The van der Waals surface area contributed by atoms with Crippen LogP contribution in [0.2, 0.25) is 0 Å². The van der Waals surface area contributed by atoms with Crippen molar-refractivity contribution in [2.24, 2.45) is 11.3 Å². The third-order valence-corrected chi connectivity index (χ3v) is 8.49. The van der Waals surface area contributed by atoms with E-state index in [2.05, 4.69) is 20.8 Å². The molecule has 1 saturated heterocycles.